The highest BCUT2D eigenvalue weighted by atomic mass is 79.9. The summed E-state index contributed by atoms with van der Waals surface area (Å²) in [5.41, 5.74) is 1.12. The molecule has 0 bridgehead atoms. The average molecular weight is 359 g/mol. The third kappa shape index (κ3) is 5.02. The Morgan fingerprint density at radius 2 is 2.33 bits per heavy atom. The largest absolute Gasteiger partial charge is 0.374 e. The Morgan fingerprint density at radius 3 is 3.00 bits per heavy atom. The molecule has 0 spiro atoms. The highest BCUT2D eigenvalue weighted by Gasteiger charge is 2.26. The molecule has 118 valence electrons. The van der Waals surface area contributed by atoms with E-state index < -0.39 is 0 Å². The number of hydrogen-bond acceptors (Lipinski definition) is 3. The van der Waals surface area contributed by atoms with Gasteiger partial charge in [-0.2, -0.15) is 0 Å². The summed E-state index contributed by atoms with van der Waals surface area (Å²) in [6, 6.07) is 5.49. The normalized spacial score (nSPS) is 21.4. The Kier molecular flexibility index (Phi) is 6.61. The van der Waals surface area contributed by atoms with E-state index in [4.69, 9.17) is 4.74 Å². The molecule has 2 atom stereocenters. The van der Waals surface area contributed by atoms with Gasteiger partial charge < -0.3 is 15.0 Å². The summed E-state index contributed by atoms with van der Waals surface area (Å²) < 4.78 is 19.8. The number of benzene rings is 1. The summed E-state index contributed by atoms with van der Waals surface area (Å²) in [4.78, 5) is 2.30. The lowest BCUT2D eigenvalue weighted by Crippen LogP contribution is -2.52. The summed E-state index contributed by atoms with van der Waals surface area (Å²) in [5, 5.41) is 3.58. The van der Waals surface area contributed by atoms with Gasteiger partial charge in [0.15, 0.2) is 0 Å². The Bertz CT molecular complexity index is 458. The lowest BCUT2D eigenvalue weighted by atomic mass is 9.99. The van der Waals surface area contributed by atoms with Crippen LogP contribution in [0.4, 0.5) is 4.39 Å². The van der Waals surface area contributed by atoms with Crippen molar-refractivity contribution in [3.8, 4) is 0 Å². The predicted octanol–water partition coefficient (Wildman–Crippen LogP) is 2.83. The third-order valence-corrected chi connectivity index (χ3v) is 4.45. The van der Waals surface area contributed by atoms with E-state index in [0.717, 1.165) is 44.6 Å². The van der Waals surface area contributed by atoms with E-state index in [1.165, 1.54) is 6.07 Å². The van der Waals surface area contributed by atoms with Gasteiger partial charge in [0.25, 0.3) is 0 Å². The zero-order valence-electron chi connectivity index (χ0n) is 12.7. The van der Waals surface area contributed by atoms with Crippen molar-refractivity contribution < 1.29 is 9.13 Å². The van der Waals surface area contributed by atoms with Gasteiger partial charge >= 0.3 is 0 Å². The predicted molar refractivity (Wildman–Crippen MR) is 87.1 cm³/mol. The molecule has 0 amide bonds. The lowest BCUT2D eigenvalue weighted by molar-refractivity contribution is -0.0383. The quantitative estimate of drug-likeness (QED) is 0.846. The van der Waals surface area contributed by atoms with Gasteiger partial charge in [-0.3, -0.25) is 0 Å². The molecule has 21 heavy (non-hydrogen) atoms. The maximum Gasteiger partial charge on any atom is 0.137 e. The smallest absolute Gasteiger partial charge is 0.137 e. The molecule has 0 radical (unpaired) electrons. The van der Waals surface area contributed by atoms with Crippen LogP contribution in [0.15, 0.2) is 22.7 Å². The Balaban J connectivity index is 2.05. The molecule has 1 N–H and O–H groups in total. The topological polar surface area (TPSA) is 24.5 Å². The molecule has 0 aliphatic carbocycles. The molecule has 1 fully saturated rings. The molecule has 1 aliphatic rings. The second-order valence-corrected chi connectivity index (χ2v) is 6.54. The van der Waals surface area contributed by atoms with Crippen molar-refractivity contribution in [3.05, 3.63) is 34.1 Å². The number of nitrogens with one attached hydrogen (secondary N) is 1. The number of ether oxygens (including phenoxy) is 1. The van der Waals surface area contributed by atoms with E-state index in [9.17, 15) is 4.39 Å². The fraction of sp³-hybridized carbons (Fsp3) is 0.625. The first-order chi connectivity index (χ1) is 10.1. The molecule has 1 aromatic rings. The highest BCUT2D eigenvalue weighted by Crippen LogP contribution is 2.19. The van der Waals surface area contributed by atoms with Crippen LogP contribution >= 0.6 is 15.9 Å². The van der Waals surface area contributed by atoms with Gasteiger partial charge in [0.1, 0.15) is 5.82 Å². The van der Waals surface area contributed by atoms with Crippen molar-refractivity contribution in [2.45, 2.75) is 31.9 Å². The summed E-state index contributed by atoms with van der Waals surface area (Å²) in [6.45, 7) is 5.82. The SMILES string of the molecule is CCCNC(Cc1ccc(F)c(Br)c1)C1CN(C)CCO1. The van der Waals surface area contributed by atoms with Crippen LogP contribution < -0.4 is 5.32 Å². The van der Waals surface area contributed by atoms with Crippen LogP contribution in [-0.4, -0.2) is 50.3 Å². The fourth-order valence-electron chi connectivity index (χ4n) is 2.64. The number of rotatable bonds is 6. The zero-order chi connectivity index (χ0) is 15.2. The van der Waals surface area contributed by atoms with E-state index in [0.29, 0.717) is 4.47 Å². The lowest BCUT2D eigenvalue weighted by Gasteiger charge is -2.35. The van der Waals surface area contributed by atoms with Crippen LogP contribution in [0.2, 0.25) is 0 Å². The molecule has 3 nitrogen and oxygen atoms in total. The van der Waals surface area contributed by atoms with Gasteiger partial charge in [-0.25, -0.2) is 4.39 Å². The summed E-state index contributed by atoms with van der Waals surface area (Å²) in [5.74, 6) is -0.217. The van der Waals surface area contributed by atoms with Crippen molar-refractivity contribution in [2.24, 2.45) is 0 Å². The molecule has 5 heteroatoms. The van der Waals surface area contributed by atoms with Crippen LogP contribution in [0.5, 0.6) is 0 Å². The Labute approximate surface area is 135 Å². The van der Waals surface area contributed by atoms with Crippen LogP contribution in [0.25, 0.3) is 0 Å². The van der Waals surface area contributed by atoms with E-state index in [1.807, 2.05) is 12.1 Å². The summed E-state index contributed by atoms with van der Waals surface area (Å²) >= 11 is 3.26. The molecule has 0 aromatic heterocycles. The van der Waals surface area contributed by atoms with Crippen molar-refractivity contribution in [3.63, 3.8) is 0 Å². The first kappa shape index (κ1) is 16.9. The van der Waals surface area contributed by atoms with Crippen molar-refractivity contribution in [1.82, 2.24) is 10.2 Å². The first-order valence-corrected chi connectivity index (χ1v) is 8.37. The van der Waals surface area contributed by atoms with Gasteiger partial charge in [-0.15, -0.1) is 0 Å². The summed E-state index contributed by atoms with van der Waals surface area (Å²) in [6.07, 6.45) is 2.11. The van der Waals surface area contributed by atoms with E-state index in [1.54, 1.807) is 0 Å². The number of halogens is 2. The van der Waals surface area contributed by atoms with Gasteiger partial charge in [-0.05, 0) is 60.1 Å². The van der Waals surface area contributed by atoms with E-state index in [2.05, 4.69) is 40.1 Å². The zero-order valence-corrected chi connectivity index (χ0v) is 14.3. The molecular formula is C16H24BrFN2O. The maximum absolute atomic E-state index is 13.4. The van der Waals surface area contributed by atoms with E-state index >= 15 is 0 Å². The number of likely N-dealkylation sites (N-methyl/N-ethyl adjacent to an activating group) is 1. The van der Waals surface area contributed by atoms with Gasteiger partial charge in [0, 0.05) is 19.1 Å². The molecule has 0 saturated carbocycles. The highest BCUT2D eigenvalue weighted by molar-refractivity contribution is 9.10. The first-order valence-electron chi connectivity index (χ1n) is 7.57. The number of morpholine rings is 1. The molecule has 2 rings (SSSR count). The van der Waals surface area contributed by atoms with Crippen molar-refractivity contribution in [1.29, 1.82) is 0 Å². The molecule has 1 aliphatic heterocycles. The van der Waals surface area contributed by atoms with Crippen molar-refractivity contribution in [2.75, 3.05) is 33.3 Å². The molecule has 2 unspecified atom stereocenters. The van der Waals surface area contributed by atoms with Gasteiger partial charge in [-0.1, -0.05) is 13.0 Å². The van der Waals surface area contributed by atoms with Crippen molar-refractivity contribution >= 4 is 15.9 Å². The molecule has 1 heterocycles. The van der Waals surface area contributed by atoms with Crippen LogP contribution in [0, 0.1) is 5.82 Å². The van der Waals surface area contributed by atoms with E-state index in [-0.39, 0.29) is 18.0 Å². The summed E-state index contributed by atoms with van der Waals surface area (Å²) in [7, 11) is 2.13. The Hall–Kier alpha value is -0.490. The van der Waals surface area contributed by atoms with Gasteiger partial charge in [0.05, 0.1) is 17.2 Å². The third-order valence-electron chi connectivity index (χ3n) is 3.84. The second kappa shape index (κ2) is 8.22. The van der Waals surface area contributed by atoms with Gasteiger partial charge in [0.2, 0.25) is 0 Å². The Morgan fingerprint density at radius 1 is 1.52 bits per heavy atom. The number of hydrogen-bond donors (Lipinski definition) is 1. The average Bonchev–Trinajstić information content (AvgIpc) is 2.47. The monoisotopic (exact) mass is 358 g/mol. The second-order valence-electron chi connectivity index (χ2n) is 5.68. The molecule has 1 saturated heterocycles. The van der Waals surface area contributed by atoms with Crippen LogP contribution in [0.1, 0.15) is 18.9 Å². The fourth-order valence-corrected chi connectivity index (χ4v) is 3.07. The molecular weight excluding hydrogens is 335 g/mol. The maximum atomic E-state index is 13.4. The minimum atomic E-state index is -0.217. The molecule has 1 aromatic carbocycles. The minimum absolute atomic E-state index is 0.180. The standard InChI is InChI=1S/C16H24BrFN2O/c1-3-6-19-15(16-11-20(2)7-8-21-16)10-12-4-5-14(18)13(17)9-12/h4-5,9,15-16,19H,3,6-8,10-11H2,1-2H3. The van der Waals surface area contributed by atoms with Crippen LogP contribution in [-0.2, 0) is 11.2 Å². The minimum Gasteiger partial charge on any atom is -0.374 e. The number of nitrogens with zero attached hydrogens (tertiary/aromatic N) is 1. The van der Waals surface area contributed by atoms with Crippen LogP contribution in [0.3, 0.4) is 0 Å².